The fourth-order valence-electron chi connectivity index (χ4n) is 1.72. The number of carbonyl (C=O) groups is 2. The molecule has 2 N–H and O–H groups in total. The molecule has 1 aromatic heterocycles. The lowest BCUT2D eigenvalue weighted by molar-refractivity contribution is -0.145. The van der Waals surface area contributed by atoms with E-state index in [1.165, 1.54) is 23.6 Å². The molecule has 0 saturated carbocycles. The summed E-state index contributed by atoms with van der Waals surface area (Å²) in [6.07, 6.45) is 2.38. The first kappa shape index (κ1) is 15.9. The molecule has 1 rings (SSSR count). The Morgan fingerprint density at radius 2 is 1.95 bits per heavy atom. The van der Waals surface area contributed by atoms with Crippen molar-refractivity contribution in [3.05, 3.63) is 28.7 Å². The lowest BCUT2D eigenvalue weighted by Gasteiger charge is -2.16. The van der Waals surface area contributed by atoms with Crippen LogP contribution in [-0.4, -0.2) is 21.6 Å². The molecule has 2 atom stereocenters. The molecule has 1 aromatic rings. The van der Waals surface area contributed by atoms with Crippen LogP contribution in [0.1, 0.15) is 27.2 Å². The zero-order chi connectivity index (χ0) is 15.3. The summed E-state index contributed by atoms with van der Waals surface area (Å²) in [6.45, 7) is 5.58. The number of aromatic nitrogens is 1. The van der Waals surface area contributed by atoms with Crippen molar-refractivity contribution in [1.29, 1.82) is 0 Å². The highest BCUT2D eigenvalue weighted by atomic mass is 16.4. The number of hydrogen-bond acceptors (Lipinski definition) is 3. The minimum absolute atomic E-state index is 0.128. The van der Waals surface area contributed by atoms with Crippen LogP contribution in [0, 0.1) is 11.8 Å². The second-order valence-electron chi connectivity index (χ2n) is 4.85. The molecule has 110 valence electrons. The standard InChI is InChI=1S/C14H20N2O4/c1-4-7-16-8-11(5-6-12(16)17)15-13(18)9(2)10(3)14(19)20/h5-6,8-10H,4,7H2,1-3H3,(H,15,18)(H,19,20). The Kier molecular flexibility index (Phi) is 5.49. The number of aliphatic carboxylic acids is 1. The molecule has 0 aliphatic rings. The maximum absolute atomic E-state index is 12.0. The molecule has 6 nitrogen and oxygen atoms in total. The van der Waals surface area contributed by atoms with Gasteiger partial charge in [-0.1, -0.05) is 20.8 Å². The second-order valence-corrected chi connectivity index (χ2v) is 4.85. The Morgan fingerprint density at radius 1 is 1.30 bits per heavy atom. The van der Waals surface area contributed by atoms with Gasteiger partial charge in [-0.3, -0.25) is 14.4 Å². The molecule has 20 heavy (non-hydrogen) atoms. The molecule has 2 unspecified atom stereocenters. The highest BCUT2D eigenvalue weighted by Crippen LogP contribution is 2.14. The number of carboxylic acid groups (broad SMARTS) is 1. The summed E-state index contributed by atoms with van der Waals surface area (Å²) in [4.78, 5) is 34.4. The Bertz CT molecular complexity index is 550. The van der Waals surface area contributed by atoms with Crippen LogP contribution in [-0.2, 0) is 16.1 Å². The van der Waals surface area contributed by atoms with Crippen LogP contribution in [0.25, 0.3) is 0 Å². The van der Waals surface area contributed by atoms with E-state index < -0.39 is 17.8 Å². The topological polar surface area (TPSA) is 88.4 Å². The van der Waals surface area contributed by atoms with Crippen LogP contribution in [0.15, 0.2) is 23.1 Å². The van der Waals surface area contributed by atoms with Crippen LogP contribution in [0.5, 0.6) is 0 Å². The first-order valence-corrected chi connectivity index (χ1v) is 6.61. The zero-order valence-electron chi connectivity index (χ0n) is 11.9. The highest BCUT2D eigenvalue weighted by molar-refractivity contribution is 5.94. The van der Waals surface area contributed by atoms with Crippen LogP contribution in [0.3, 0.4) is 0 Å². The van der Waals surface area contributed by atoms with Gasteiger partial charge in [0.05, 0.1) is 11.6 Å². The van der Waals surface area contributed by atoms with Gasteiger partial charge >= 0.3 is 5.97 Å². The van der Waals surface area contributed by atoms with Gasteiger partial charge in [-0.25, -0.2) is 0 Å². The normalized spacial score (nSPS) is 13.6. The van der Waals surface area contributed by atoms with Crippen LogP contribution in [0.2, 0.25) is 0 Å². The quantitative estimate of drug-likeness (QED) is 0.827. The van der Waals surface area contributed by atoms with Crippen molar-refractivity contribution in [3.63, 3.8) is 0 Å². The predicted molar refractivity (Wildman–Crippen MR) is 75.6 cm³/mol. The van der Waals surface area contributed by atoms with Crippen molar-refractivity contribution in [2.75, 3.05) is 5.32 Å². The van der Waals surface area contributed by atoms with Gasteiger partial charge in [0.15, 0.2) is 0 Å². The summed E-state index contributed by atoms with van der Waals surface area (Å²) in [5, 5.41) is 11.5. The fraction of sp³-hybridized carbons (Fsp3) is 0.500. The molecule has 0 spiro atoms. The van der Waals surface area contributed by atoms with E-state index in [0.29, 0.717) is 12.2 Å². The van der Waals surface area contributed by atoms with Gasteiger partial charge in [0.2, 0.25) is 5.91 Å². The molecule has 0 aliphatic carbocycles. The van der Waals surface area contributed by atoms with Gasteiger partial charge < -0.3 is 15.0 Å². The van der Waals surface area contributed by atoms with Crippen molar-refractivity contribution >= 4 is 17.6 Å². The smallest absolute Gasteiger partial charge is 0.307 e. The minimum Gasteiger partial charge on any atom is -0.481 e. The van der Waals surface area contributed by atoms with Crippen LogP contribution >= 0.6 is 0 Å². The monoisotopic (exact) mass is 280 g/mol. The first-order valence-electron chi connectivity index (χ1n) is 6.61. The highest BCUT2D eigenvalue weighted by Gasteiger charge is 2.25. The van der Waals surface area contributed by atoms with Gasteiger partial charge in [0.25, 0.3) is 5.56 Å². The van der Waals surface area contributed by atoms with E-state index in [9.17, 15) is 14.4 Å². The van der Waals surface area contributed by atoms with Gasteiger partial charge in [0.1, 0.15) is 0 Å². The number of nitrogens with zero attached hydrogens (tertiary/aromatic N) is 1. The van der Waals surface area contributed by atoms with Gasteiger partial charge in [-0.15, -0.1) is 0 Å². The summed E-state index contributed by atoms with van der Waals surface area (Å²) in [5.41, 5.74) is 0.365. The van der Waals surface area contributed by atoms with E-state index in [4.69, 9.17) is 5.11 Å². The number of anilines is 1. The maximum Gasteiger partial charge on any atom is 0.307 e. The molecule has 0 aliphatic heterocycles. The number of rotatable bonds is 6. The summed E-state index contributed by atoms with van der Waals surface area (Å²) in [7, 11) is 0. The average Bonchev–Trinajstić information content (AvgIpc) is 2.40. The van der Waals surface area contributed by atoms with E-state index in [2.05, 4.69) is 5.32 Å². The maximum atomic E-state index is 12.0. The molecule has 1 amide bonds. The molecular formula is C14H20N2O4. The molecule has 0 saturated heterocycles. The number of pyridine rings is 1. The number of nitrogens with one attached hydrogen (secondary N) is 1. The van der Waals surface area contributed by atoms with Crippen molar-refractivity contribution in [1.82, 2.24) is 4.57 Å². The van der Waals surface area contributed by atoms with Crippen molar-refractivity contribution in [2.45, 2.75) is 33.7 Å². The summed E-state index contributed by atoms with van der Waals surface area (Å²) in [5.74, 6) is -2.80. The van der Waals surface area contributed by atoms with Gasteiger partial charge in [-0.05, 0) is 12.5 Å². The SMILES string of the molecule is CCCn1cc(NC(=O)C(C)C(C)C(=O)O)ccc1=O. The largest absolute Gasteiger partial charge is 0.481 e. The van der Waals surface area contributed by atoms with Crippen LogP contribution < -0.4 is 10.9 Å². The third kappa shape index (κ3) is 3.94. The average molecular weight is 280 g/mol. The minimum atomic E-state index is -1.01. The summed E-state index contributed by atoms with van der Waals surface area (Å²) >= 11 is 0. The van der Waals surface area contributed by atoms with Crippen molar-refractivity contribution in [2.24, 2.45) is 11.8 Å². The lowest BCUT2D eigenvalue weighted by Crippen LogP contribution is -2.30. The van der Waals surface area contributed by atoms with E-state index in [1.807, 2.05) is 6.92 Å². The molecule has 0 radical (unpaired) electrons. The number of hydrogen-bond donors (Lipinski definition) is 2. The fourth-order valence-corrected chi connectivity index (χ4v) is 1.72. The zero-order valence-corrected chi connectivity index (χ0v) is 11.9. The molecule has 0 bridgehead atoms. The molecule has 6 heteroatoms. The van der Waals surface area contributed by atoms with Gasteiger partial charge in [-0.2, -0.15) is 0 Å². The Hall–Kier alpha value is -2.11. The number of carboxylic acids is 1. The lowest BCUT2D eigenvalue weighted by atomic mass is 9.95. The van der Waals surface area contributed by atoms with Crippen molar-refractivity contribution < 1.29 is 14.7 Å². The van der Waals surface area contributed by atoms with Crippen LogP contribution in [0.4, 0.5) is 5.69 Å². The van der Waals surface area contributed by atoms with Gasteiger partial charge in [0, 0.05) is 24.7 Å². The van der Waals surface area contributed by atoms with E-state index >= 15 is 0 Å². The Morgan fingerprint density at radius 3 is 2.50 bits per heavy atom. The molecule has 0 aromatic carbocycles. The van der Waals surface area contributed by atoms with E-state index in [-0.39, 0.29) is 11.5 Å². The Balaban J connectivity index is 2.83. The Labute approximate surface area is 117 Å². The summed E-state index contributed by atoms with van der Waals surface area (Å²) < 4.78 is 1.51. The first-order chi connectivity index (χ1) is 9.36. The predicted octanol–water partition coefficient (Wildman–Crippen LogP) is 1.55. The number of amides is 1. The van der Waals surface area contributed by atoms with E-state index in [0.717, 1.165) is 6.42 Å². The summed E-state index contributed by atoms with van der Waals surface area (Å²) in [6, 6.07) is 2.90. The number of carbonyl (C=O) groups excluding carboxylic acids is 1. The third-order valence-corrected chi connectivity index (χ3v) is 3.27. The van der Waals surface area contributed by atoms with Crippen molar-refractivity contribution in [3.8, 4) is 0 Å². The second kappa shape index (κ2) is 6.88. The molecule has 1 heterocycles. The third-order valence-electron chi connectivity index (χ3n) is 3.27. The van der Waals surface area contributed by atoms with E-state index in [1.54, 1.807) is 13.1 Å². The number of aryl methyl sites for hydroxylation is 1. The molecular weight excluding hydrogens is 260 g/mol. The molecule has 0 fully saturated rings.